The number of rotatable bonds is 6. The number of nitrogens with one attached hydrogen (secondary N) is 1. The Morgan fingerprint density at radius 3 is 2.68 bits per heavy atom. The van der Waals surface area contributed by atoms with Gasteiger partial charge in [-0.05, 0) is 30.5 Å². The van der Waals surface area contributed by atoms with Crippen LogP contribution in [-0.4, -0.2) is 33.9 Å². The molecule has 0 fully saturated rings. The third kappa shape index (κ3) is 4.02. The molecular weight excluding hydrogens is 282 g/mol. The highest BCUT2D eigenvalue weighted by molar-refractivity contribution is 5.92. The minimum Gasteiger partial charge on any atom is -0.396 e. The summed E-state index contributed by atoms with van der Waals surface area (Å²) in [5.74, 6) is -0.163. The molecule has 0 spiro atoms. The van der Waals surface area contributed by atoms with Crippen molar-refractivity contribution in [2.45, 2.75) is 13.3 Å². The number of para-hydroxylation sites is 1. The molecule has 0 aliphatic heterocycles. The van der Waals surface area contributed by atoms with Crippen LogP contribution in [0.1, 0.15) is 23.8 Å². The summed E-state index contributed by atoms with van der Waals surface area (Å²) >= 11 is 0. The molecule has 116 valence electrons. The third-order valence-corrected chi connectivity index (χ3v) is 3.27. The Morgan fingerprint density at radius 2 is 2.00 bits per heavy atom. The second-order valence-corrected chi connectivity index (χ2v) is 5.13. The minimum atomic E-state index is -0.338. The monoisotopic (exact) mass is 301 g/mol. The fourth-order valence-electron chi connectivity index (χ4n) is 1.97. The van der Waals surface area contributed by atoms with Crippen molar-refractivity contribution in [1.29, 1.82) is 0 Å². The molecule has 6 heteroatoms. The molecule has 0 saturated carbocycles. The summed E-state index contributed by atoms with van der Waals surface area (Å²) in [6.07, 6.45) is 0.622. The molecule has 0 aliphatic carbocycles. The quantitative estimate of drug-likeness (QED) is 0.833. The number of aliphatic hydroxyl groups is 1. The van der Waals surface area contributed by atoms with Crippen LogP contribution in [0.3, 0.4) is 0 Å². The van der Waals surface area contributed by atoms with Crippen LogP contribution in [0.2, 0.25) is 0 Å². The highest BCUT2D eigenvalue weighted by Crippen LogP contribution is 2.03. The van der Waals surface area contributed by atoms with Gasteiger partial charge in [0.1, 0.15) is 5.69 Å². The number of aromatic nitrogens is 2. The fraction of sp³-hybridized carbons (Fsp3) is 0.312. The van der Waals surface area contributed by atoms with Crippen LogP contribution in [0.4, 0.5) is 0 Å². The molecule has 0 saturated heterocycles. The van der Waals surface area contributed by atoms with E-state index in [-0.39, 0.29) is 29.7 Å². The third-order valence-electron chi connectivity index (χ3n) is 3.27. The molecular formula is C16H19N3O3. The van der Waals surface area contributed by atoms with Gasteiger partial charge in [0.25, 0.3) is 11.5 Å². The zero-order chi connectivity index (χ0) is 15.9. The average Bonchev–Trinajstić information content (AvgIpc) is 2.54. The topological polar surface area (TPSA) is 84.2 Å². The van der Waals surface area contributed by atoms with Crippen molar-refractivity contribution in [2.75, 3.05) is 13.2 Å². The first-order chi connectivity index (χ1) is 10.6. The van der Waals surface area contributed by atoms with E-state index in [2.05, 4.69) is 10.4 Å². The molecule has 22 heavy (non-hydrogen) atoms. The van der Waals surface area contributed by atoms with Crippen molar-refractivity contribution in [3.05, 3.63) is 58.5 Å². The van der Waals surface area contributed by atoms with E-state index in [1.165, 1.54) is 16.8 Å². The minimum absolute atomic E-state index is 0.0914. The zero-order valence-corrected chi connectivity index (χ0v) is 12.4. The first-order valence-electron chi connectivity index (χ1n) is 7.16. The van der Waals surface area contributed by atoms with Crippen molar-refractivity contribution in [3.8, 4) is 5.69 Å². The van der Waals surface area contributed by atoms with Gasteiger partial charge in [0.2, 0.25) is 0 Å². The van der Waals surface area contributed by atoms with Gasteiger partial charge in [-0.2, -0.15) is 9.78 Å². The predicted octanol–water partition coefficient (Wildman–Crippen LogP) is 0.981. The van der Waals surface area contributed by atoms with Crippen molar-refractivity contribution in [1.82, 2.24) is 15.1 Å². The molecule has 0 bridgehead atoms. The highest BCUT2D eigenvalue weighted by Gasteiger charge is 2.11. The van der Waals surface area contributed by atoms with E-state index in [0.29, 0.717) is 18.7 Å². The Bertz CT molecular complexity index is 683. The van der Waals surface area contributed by atoms with Gasteiger partial charge in [-0.15, -0.1) is 0 Å². The smallest absolute Gasteiger partial charge is 0.271 e. The molecule has 6 nitrogen and oxygen atoms in total. The molecule has 1 aromatic heterocycles. The summed E-state index contributed by atoms with van der Waals surface area (Å²) in [7, 11) is 0. The van der Waals surface area contributed by atoms with Gasteiger partial charge in [-0.25, -0.2) is 0 Å². The lowest BCUT2D eigenvalue weighted by Gasteiger charge is -2.11. The van der Waals surface area contributed by atoms with E-state index in [4.69, 9.17) is 5.11 Å². The normalized spacial score (nSPS) is 11.9. The number of nitrogens with zero attached hydrogens (tertiary/aromatic N) is 2. The maximum absolute atomic E-state index is 12.1. The van der Waals surface area contributed by atoms with Gasteiger partial charge in [-0.1, -0.05) is 25.1 Å². The molecule has 2 aromatic rings. The Balaban J connectivity index is 2.16. The van der Waals surface area contributed by atoms with Crippen LogP contribution in [0, 0.1) is 5.92 Å². The lowest BCUT2D eigenvalue weighted by molar-refractivity contribution is 0.0938. The molecule has 1 atom stereocenters. The second-order valence-electron chi connectivity index (χ2n) is 5.13. The van der Waals surface area contributed by atoms with Gasteiger partial charge in [-0.3, -0.25) is 9.59 Å². The molecule has 2 rings (SSSR count). The van der Waals surface area contributed by atoms with Gasteiger partial charge in [0.05, 0.1) is 5.69 Å². The Morgan fingerprint density at radius 1 is 1.27 bits per heavy atom. The van der Waals surface area contributed by atoms with E-state index >= 15 is 0 Å². The number of carbonyl (C=O) groups excluding carboxylic acids is 1. The van der Waals surface area contributed by atoms with Crippen LogP contribution in [-0.2, 0) is 0 Å². The van der Waals surface area contributed by atoms with Crippen LogP contribution >= 0.6 is 0 Å². The summed E-state index contributed by atoms with van der Waals surface area (Å²) in [5.41, 5.74) is 0.492. The molecule has 0 radical (unpaired) electrons. The van der Waals surface area contributed by atoms with Crippen LogP contribution in [0.25, 0.3) is 5.69 Å². The number of carbonyl (C=O) groups is 1. The van der Waals surface area contributed by atoms with Crippen molar-refractivity contribution >= 4 is 5.91 Å². The average molecular weight is 301 g/mol. The van der Waals surface area contributed by atoms with Gasteiger partial charge >= 0.3 is 0 Å². The van der Waals surface area contributed by atoms with Crippen molar-refractivity contribution in [3.63, 3.8) is 0 Å². The first kappa shape index (κ1) is 15.9. The molecule has 2 N–H and O–H groups in total. The summed E-state index contributed by atoms with van der Waals surface area (Å²) in [5, 5.41) is 15.7. The fourth-order valence-corrected chi connectivity index (χ4v) is 1.97. The van der Waals surface area contributed by atoms with E-state index in [9.17, 15) is 9.59 Å². The largest absolute Gasteiger partial charge is 0.396 e. The number of aliphatic hydroxyl groups excluding tert-OH is 1. The van der Waals surface area contributed by atoms with Crippen LogP contribution < -0.4 is 10.9 Å². The van der Waals surface area contributed by atoms with Gasteiger partial charge in [0, 0.05) is 19.2 Å². The number of hydrogen-bond acceptors (Lipinski definition) is 4. The number of hydrogen-bond donors (Lipinski definition) is 2. The SMILES string of the molecule is CC(CCO)CNC(=O)c1ccc(=O)n(-c2ccccc2)n1. The zero-order valence-electron chi connectivity index (χ0n) is 12.4. The summed E-state index contributed by atoms with van der Waals surface area (Å²) in [4.78, 5) is 24.0. The molecule has 1 heterocycles. The lowest BCUT2D eigenvalue weighted by atomic mass is 10.1. The summed E-state index contributed by atoms with van der Waals surface area (Å²) in [6, 6.07) is 11.7. The van der Waals surface area contributed by atoms with Crippen LogP contribution in [0.15, 0.2) is 47.3 Å². The Hall–Kier alpha value is -2.47. The summed E-state index contributed by atoms with van der Waals surface area (Å²) in [6.45, 7) is 2.48. The molecule has 1 aromatic carbocycles. The van der Waals surface area contributed by atoms with E-state index < -0.39 is 0 Å². The second kappa shape index (κ2) is 7.51. The first-order valence-corrected chi connectivity index (χ1v) is 7.16. The Labute approximate surface area is 128 Å². The maximum Gasteiger partial charge on any atom is 0.271 e. The number of amides is 1. The Kier molecular flexibility index (Phi) is 5.43. The summed E-state index contributed by atoms with van der Waals surface area (Å²) < 4.78 is 1.20. The molecule has 0 aliphatic rings. The highest BCUT2D eigenvalue weighted by atomic mass is 16.3. The predicted molar refractivity (Wildman–Crippen MR) is 83.0 cm³/mol. The van der Waals surface area contributed by atoms with Crippen LogP contribution in [0.5, 0.6) is 0 Å². The maximum atomic E-state index is 12.1. The standard InChI is InChI=1S/C16H19N3O3/c1-12(9-10-20)11-17-16(22)14-7-8-15(21)19(18-14)13-5-3-2-4-6-13/h2-8,12,20H,9-11H2,1H3,(H,17,22). The number of benzene rings is 1. The van der Waals surface area contributed by atoms with E-state index in [1.807, 2.05) is 13.0 Å². The lowest BCUT2D eigenvalue weighted by Crippen LogP contribution is -2.31. The van der Waals surface area contributed by atoms with E-state index in [1.54, 1.807) is 24.3 Å². The van der Waals surface area contributed by atoms with E-state index in [0.717, 1.165) is 0 Å². The van der Waals surface area contributed by atoms with Crippen molar-refractivity contribution < 1.29 is 9.90 Å². The molecule has 1 unspecified atom stereocenters. The van der Waals surface area contributed by atoms with Gasteiger partial charge < -0.3 is 10.4 Å². The van der Waals surface area contributed by atoms with Gasteiger partial charge in [0.15, 0.2) is 0 Å². The van der Waals surface area contributed by atoms with Crippen molar-refractivity contribution in [2.24, 2.45) is 5.92 Å². The molecule has 1 amide bonds.